The third kappa shape index (κ3) is 5.45. The van der Waals surface area contributed by atoms with Crippen molar-refractivity contribution in [2.45, 2.75) is 52.0 Å². The van der Waals surface area contributed by atoms with Gasteiger partial charge in [-0.05, 0) is 75.1 Å². The van der Waals surface area contributed by atoms with Crippen molar-refractivity contribution in [2.24, 2.45) is 5.92 Å². The molecule has 6 nitrogen and oxygen atoms in total. The van der Waals surface area contributed by atoms with Gasteiger partial charge < -0.3 is 19.1 Å². The molecule has 6 heteroatoms. The molecule has 2 aromatic carbocycles. The maximum Gasteiger partial charge on any atom is 0.256 e. The van der Waals surface area contributed by atoms with E-state index in [4.69, 9.17) is 4.74 Å². The highest BCUT2D eigenvalue weighted by Crippen LogP contribution is 2.37. The van der Waals surface area contributed by atoms with Gasteiger partial charge in [-0.3, -0.25) is 9.59 Å². The number of fused-ring (bicyclic) bond motifs is 1. The lowest BCUT2D eigenvalue weighted by Crippen LogP contribution is -2.40. The van der Waals surface area contributed by atoms with Crippen LogP contribution in [0.1, 0.15) is 71.7 Å². The lowest BCUT2D eigenvalue weighted by Gasteiger charge is -2.29. The standard InChI is InChI=1S/C31H39N3O3/c1-3-32(4-2)30(35)26-15-13-25(14-16-26)24-11-9-23(10-12-24)21-34-22-28(27-7-5-6-8-29(27)34)31(36)33-17-19-37-20-18-33/h5-8,13-16,22-24H,3-4,9-12,17-21H2,1-2H3. The molecule has 1 saturated heterocycles. The van der Waals surface area contributed by atoms with Crippen molar-refractivity contribution in [3.63, 3.8) is 0 Å². The van der Waals surface area contributed by atoms with Gasteiger partial charge in [-0.15, -0.1) is 0 Å². The normalized spacial score (nSPS) is 20.2. The molecule has 2 aliphatic rings. The Balaban J connectivity index is 1.23. The van der Waals surface area contributed by atoms with Gasteiger partial charge in [0.15, 0.2) is 0 Å². The lowest BCUT2D eigenvalue weighted by molar-refractivity contribution is 0.0304. The molecule has 1 saturated carbocycles. The minimum absolute atomic E-state index is 0.116. The van der Waals surface area contributed by atoms with Crippen molar-refractivity contribution in [3.8, 4) is 0 Å². The zero-order chi connectivity index (χ0) is 25.8. The van der Waals surface area contributed by atoms with Gasteiger partial charge in [-0.25, -0.2) is 0 Å². The van der Waals surface area contributed by atoms with Crippen LogP contribution in [-0.2, 0) is 11.3 Å². The van der Waals surface area contributed by atoms with Crippen LogP contribution < -0.4 is 0 Å². The van der Waals surface area contributed by atoms with Crippen LogP contribution >= 0.6 is 0 Å². The maximum atomic E-state index is 13.3. The number of para-hydroxylation sites is 1. The van der Waals surface area contributed by atoms with Gasteiger partial charge in [0, 0.05) is 55.4 Å². The monoisotopic (exact) mass is 501 g/mol. The fourth-order valence-corrected chi connectivity index (χ4v) is 6.05. The Labute approximate surface area is 220 Å². The van der Waals surface area contributed by atoms with Crippen LogP contribution in [0.5, 0.6) is 0 Å². The molecule has 37 heavy (non-hydrogen) atoms. The zero-order valence-electron chi connectivity index (χ0n) is 22.2. The molecule has 0 atom stereocenters. The van der Waals surface area contributed by atoms with Gasteiger partial charge in [-0.2, -0.15) is 0 Å². The second-order valence-electron chi connectivity index (χ2n) is 10.4. The topological polar surface area (TPSA) is 54.8 Å². The largest absolute Gasteiger partial charge is 0.378 e. The molecular weight excluding hydrogens is 462 g/mol. The molecule has 0 radical (unpaired) electrons. The minimum atomic E-state index is 0.116. The second kappa shape index (κ2) is 11.5. The summed E-state index contributed by atoms with van der Waals surface area (Å²) in [4.78, 5) is 29.7. The van der Waals surface area contributed by atoms with E-state index < -0.39 is 0 Å². The highest BCUT2D eigenvalue weighted by molar-refractivity contribution is 6.07. The van der Waals surface area contributed by atoms with Crippen LogP contribution in [0.4, 0.5) is 0 Å². The average Bonchev–Trinajstić information content (AvgIpc) is 3.32. The number of hydrogen-bond acceptors (Lipinski definition) is 3. The summed E-state index contributed by atoms with van der Waals surface area (Å²) in [7, 11) is 0. The molecule has 0 N–H and O–H groups in total. The fourth-order valence-electron chi connectivity index (χ4n) is 6.05. The molecule has 1 aliphatic heterocycles. The number of carbonyl (C=O) groups is 2. The number of rotatable bonds is 7. The molecule has 1 aromatic heterocycles. The van der Waals surface area contributed by atoms with E-state index in [0.717, 1.165) is 54.5 Å². The first-order valence-corrected chi connectivity index (χ1v) is 13.9. The van der Waals surface area contributed by atoms with Crippen LogP contribution in [0.25, 0.3) is 10.9 Å². The molecule has 2 fully saturated rings. The van der Waals surface area contributed by atoms with Crippen molar-refractivity contribution in [1.82, 2.24) is 14.4 Å². The summed E-state index contributed by atoms with van der Waals surface area (Å²) < 4.78 is 7.75. The fraction of sp³-hybridized carbons (Fsp3) is 0.484. The average molecular weight is 502 g/mol. The molecular formula is C31H39N3O3. The Morgan fingerprint density at radius 3 is 2.27 bits per heavy atom. The summed E-state index contributed by atoms with van der Waals surface area (Å²) in [5.74, 6) is 1.38. The Bertz CT molecular complexity index is 1210. The molecule has 1 aliphatic carbocycles. The molecule has 3 aromatic rings. The molecule has 0 spiro atoms. The van der Waals surface area contributed by atoms with E-state index in [1.165, 1.54) is 18.4 Å². The van der Waals surface area contributed by atoms with Crippen LogP contribution in [0.3, 0.4) is 0 Å². The number of ether oxygens (including phenoxy) is 1. The van der Waals surface area contributed by atoms with E-state index >= 15 is 0 Å². The van der Waals surface area contributed by atoms with E-state index in [-0.39, 0.29) is 11.8 Å². The summed E-state index contributed by atoms with van der Waals surface area (Å²) in [6.45, 7) is 9.01. The Morgan fingerprint density at radius 2 is 1.59 bits per heavy atom. The summed E-state index contributed by atoms with van der Waals surface area (Å²) in [5.41, 5.74) is 4.09. The zero-order valence-corrected chi connectivity index (χ0v) is 22.2. The van der Waals surface area contributed by atoms with Crippen molar-refractivity contribution in [3.05, 3.63) is 71.4 Å². The smallest absolute Gasteiger partial charge is 0.256 e. The number of aromatic nitrogens is 1. The first-order valence-electron chi connectivity index (χ1n) is 13.9. The highest BCUT2D eigenvalue weighted by atomic mass is 16.5. The van der Waals surface area contributed by atoms with E-state index in [1.807, 2.05) is 41.8 Å². The molecule has 5 rings (SSSR count). The molecule has 0 bridgehead atoms. The third-order valence-corrected chi connectivity index (χ3v) is 8.30. The first kappa shape index (κ1) is 25.5. The SMILES string of the molecule is CCN(CC)C(=O)c1ccc(C2CCC(Cn3cc(C(=O)N4CCOCC4)c4ccccc43)CC2)cc1. The van der Waals surface area contributed by atoms with Gasteiger partial charge in [0.25, 0.3) is 11.8 Å². The van der Waals surface area contributed by atoms with Crippen molar-refractivity contribution in [1.29, 1.82) is 0 Å². The number of hydrogen-bond donors (Lipinski definition) is 0. The van der Waals surface area contributed by atoms with Gasteiger partial charge in [0.05, 0.1) is 18.8 Å². The number of carbonyl (C=O) groups excluding carboxylic acids is 2. The quantitative estimate of drug-likeness (QED) is 0.425. The van der Waals surface area contributed by atoms with Crippen molar-refractivity contribution >= 4 is 22.7 Å². The summed E-state index contributed by atoms with van der Waals surface area (Å²) in [6, 6.07) is 16.6. The van der Waals surface area contributed by atoms with E-state index in [1.54, 1.807) is 0 Å². The third-order valence-electron chi connectivity index (χ3n) is 8.30. The Kier molecular flexibility index (Phi) is 7.94. The van der Waals surface area contributed by atoms with Gasteiger partial charge in [0.1, 0.15) is 0 Å². The Hall–Kier alpha value is -3.12. The lowest BCUT2D eigenvalue weighted by atomic mass is 9.78. The number of amides is 2. The molecule has 2 amide bonds. The van der Waals surface area contributed by atoms with Gasteiger partial charge in [-0.1, -0.05) is 30.3 Å². The van der Waals surface area contributed by atoms with E-state index in [0.29, 0.717) is 38.1 Å². The number of nitrogens with zero attached hydrogens (tertiary/aromatic N) is 3. The van der Waals surface area contributed by atoms with E-state index in [9.17, 15) is 9.59 Å². The minimum Gasteiger partial charge on any atom is -0.378 e. The van der Waals surface area contributed by atoms with Crippen LogP contribution in [-0.4, -0.2) is 65.6 Å². The summed E-state index contributed by atoms with van der Waals surface area (Å²) >= 11 is 0. The second-order valence-corrected chi connectivity index (χ2v) is 10.4. The van der Waals surface area contributed by atoms with Crippen molar-refractivity contribution < 1.29 is 14.3 Å². The van der Waals surface area contributed by atoms with Crippen LogP contribution in [0, 0.1) is 5.92 Å². The first-order chi connectivity index (χ1) is 18.1. The highest BCUT2D eigenvalue weighted by Gasteiger charge is 2.26. The van der Waals surface area contributed by atoms with Crippen molar-refractivity contribution in [2.75, 3.05) is 39.4 Å². The summed E-state index contributed by atoms with van der Waals surface area (Å²) in [5, 5.41) is 1.05. The predicted molar refractivity (Wildman–Crippen MR) is 147 cm³/mol. The Morgan fingerprint density at radius 1 is 0.919 bits per heavy atom. The van der Waals surface area contributed by atoms with Crippen LogP contribution in [0.2, 0.25) is 0 Å². The van der Waals surface area contributed by atoms with Gasteiger partial charge in [0.2, 0.25) is 0 Å². The molecule has 2 heterocycles. The molecule has 196 valence electrons. The number of benzene rings is 2. The summed E-state index contributed by atoms with van der Waals surface area (Å²) in [6.07, 6.45) is 6.74. The molecule has 0 unspecified atom stereocenters. The maximum absolute atomic E-state index is 13.3. The number of morpholine rings is 1. The van der Waals surface area contributed by atoms with Crippen LogP contribution in [0.15, 0.2) is 54.7 Å². The van der Waals surface area contributed by atoms with E-state index in [2.05, 4.69) is 41.1 Å². The van der Waals surface area contributed by atoms with Gasteiger partial charge >= 0.3 is 0 Å². The predicted octanol–water partition coefficient (Wildman–Crippen LogP) is 5.57.